The van der Waals surface area contributed by atoms with Crippen molar-refractivity contribution in [2.45, 2.75) is 31.9 Å². The van der Waals surface area contributed by atoms with Gasteiger partial charge in [-0.2, -0.15) is 23.8 Å². The van der Waals surface area contributed by atoms with Crippen LogP contribution < -0.4 is 4.90 Å². The number of aliphatic hydroxyl groups is 1. The molecule has 2 aliphatic rings. The monoisotopic (exact) mass is 701 g/mol. The molecule has 0 amide bonds. The van der Waals surface area contributed by atoms with Crippen molar-refractivity contribution in [1.82, 2.24) is 4.90 Å². The van der Waals surface area contributed by atoms with Gasteiger partial charge >= 0.3 is 0 Å². The maximum Gasteiger partial charge on any atom is 0.0872 e. The van der Waals surface area contributed by atoms with E-state index >= 15 is 0 Å². The van der Waals surface area contributed by atoms with Crippen LogP contribution in [0.4, 0.5) is 5.69 Å². The Hall–Kier alpha value is 1.47. The third-order valence-corrected chi connectivity index (χ3v) is 6.00. The number of aryl methyl sites for hydroxylation is 1. The molecule has 1 N–H and O–H groups in total. The predicted octanol–water partition coefficient (Wildman–Crippen LogP) is 5.17. The predicted molar refractivity (Wildman–Crippen MR) is 120 cm³/mol. The first-order valence-electron chi connectivity index (χ1n) is 8.97. The smallest absolute Gasteiger partial charge is 0.0872 e. The molecule has 2 aromatic rings. The molecule has 0 bridgehead atoms. The van der Waals surface area contributed by atoms with Crippen LogP contribution in [-0.2, 0) is 6.54 Å². The average molecular weight is 702 g/mol. The van der Waals surface area contributed by atoms with E-state index in [0.717, 1.165) is 38.4 Å². The van der Waals surface area contributed by atoms with Gasteiger partial charge in [0.25, 0.3) is 0 Å². The Labute approximate surface area is 258 Å². The zero-order valence-electron chi connectivity index (χ0n) is 18.3. The van der Waals surface area contributed by atoms with Crippen LogP contribution in [0.5, 0.6) is 0 Å². The number of hydrogen-bond donors (Lipinski definition) is 1. The molecule has 0 saturated carbocycles. The van der Waals surface area contributed by atoms with Gasteiger partial charge in [-0.3, -0.25) is 4.90 Å². The zero-order valence-corrected chi connectivity index (χ0v) is 27.2. The van der Waals surface area contributed by atoms with Crippen molar-refractivity contribution >= 4 is 28.9 Å². The minimum absolute atomic E-state index is 0. The molecular weight excluding hydrogens is 673 g/mol. The Morgan fingerprint density at radius 1 is 1.13 bits per heavy atom. The van der Waals surface area contributed by atoms with E-state index in [0.29, 0.717) is 16.0 Å². The summed E-state index contributed by atoms with van der Waals surface area (Å²) >= 11 is 12.6. The van der Waals surface area contributed by atoms with Crippen LogP contribution in [0.1, 0.15) is 29.5 Å². The van der Waals surface area contributed by atoms with E-state index in [9.17, 15) is 5.11 Å². The normalized spacial score (nSPS) is 17.3. The number of β-amino-alcohol motifs (C(OH)–C–C–N with tert-alkyl or cyclic N) is 1. The molecule has 0 atom stereocenters. The summed E-state index contributed by atoms with van der Waals surface area (Å²) in [6.45, 7) is 8.20. The zero-order chi connectivity index (χ0) is 18.5. The molecule has 30 heavy (non-hydrogen) atoms. The Morgan fingerprint density at radius 2 is 1.70 bits per heavy atom. The number of likely N-dealkylation sites (tertiary alicyclic amines) is 1. The first-order valence-corrected chi connectivity index (χ1v) is 9.73. The number of hydrogen-bond acceptors (Lipinski definition) is 3. The molecule has 4 rings (SSSR count). The van der Waals surface area contributed by atoms with Gasteiger partial charge in [-0.25, -0.2) is 0 Å². The van der Waals surface area contributed by atoms with Crippen molar-refractivity contribution in [1.29, 1.82) is 0 Å². The van der Waals surface area contributed by atoms with Gasteiger partial charge in [-0.15, -0.1) is 11.1 Å². The summed E-state index contributed by atoms with van der Waals surface area (Å²) in [7, 11) is 0. The fraction of sp³-hybridized carbons (Fsp3) is 0.391. The van der Waals surface area contributed by atoms with Crippen LogP contribution in [0.2, 0.25) is 10.0 Å². The molecule has 2 aliphatic heterocycles. The van der Waals surface area contributed by atoms with Crippen LogP contribution in [0.25, 0.3) is 0 Å². The number of anilines is 1. The summed E-state index contributed by atoms with van der Waals surface area (Å²) in [5.41, 5.74) is 4.22. The average Bonchev–Trinajstić information content (AvgIpc) is 2.49. The van der Waals surface area contributed by atoms with Crippen molar-refractivity contribution < 1.29 is 87.7 Å². The molecule has 2 heterocycles. The SMILES string of the molecule is Cc1cc(C2CN(c3c(Cl)cccc3Cl)C2)c[c-]c1CN1CC(C)(O)C1.[CH3-].[CH3-].[Pr].[Pr]. The summed E-state index contributed by atoms with van der Waals surface area (Å²) in [5, 5.41) is 11.3. The number of rotatable bonds is 4. The van der Waals surface area contributed by atoms with Crippen molar-refractivity contribution in [3.05, 3.63) is 78.0 Å². The molecule has 0 aromatic heterocycles. The van der Waals surface area contributed by atoms with Crippen LogP contribution >= 0.6 is 23.2 Å². The third kappa shape index (κ3) is 6.99. The molecular formula is C23H29Cl2N2OPr2-3. The van der Waals surface area contributed by atoms with E-state index in [1.165, 1.54) is 16.7 Å². The number of benzene rings is 2. The summed E-state index contributed by atoms with van der Waals surface area (Å²) in [6.07, 6.45) is 0. The molecule has 160 valence electrons. The first-order chi connectivity index (χ1) is 12.3. The van der Waals surface area contributed by atoms with Gasteiger partial charge in [0.05, 0.1) is 21.3 Å². The van der Waals surface area contributed by atoms with E-state index in [1.54, 1.807) is 0 Å². The Morgan fingerprint density at radius 3 is 2.20 bits per heavy atom. The van der Waals surface area contributed by atoms with E-state index in [4.69, 9.17) is 23.2 Å². The minimum atomic E-state index is -0.525. The first kappa shape index (κ1) is 31.5. The van der Waals surface area contributed by atoms with Crippen molar-refractivity contribution in [3.8, 4) is 0 Å². The van der Waals surface area contributed by atoms with Gasteiger partial charge in [0.2, 0.25) is 0 Å². The molecule has 0 spiro atoms. The second-order valence-corrected chi connectivity index (χ2v) is 8.72. The van der Waals surface area contributed by atoms with E-state index in [-0.39, 0.29) is 97.4 Å². The Bertz CT molecular complexity index is 814. The van der Waals surface area contributed by atoms with Gasteiger partial charge in [-0.1, -0.05) is 36.2 Å². The van der Waals surface area contributed by atoms with Crippen LogP contribution in [0.15, 0.2) is 30.3 Å². The molecule has 3 nitrogen and oxygen atoms in total. The van der Waals surface area contributed by atoms with Crippen molar-refractivity contribution in [2.75, 3.05) is 31.1 Å². The fourth-order valence-corrected chi connectivity index (χ4v) is 4.62. The maximum absolute atomic E-state index is 9.87. The molecule has 0 unspecified atom stereocenters. The maximum atomic E-state index is 9.87. The Kier molecular flexibility index (Phi) is 13.4. The van der Waals surface area contributed by atoms with Crippen molar-refractivity contribution in [3.63, 3.8) is 0 Å². The van der Waals surface area contributed by atoms with E-state index in [2.05, 4.69) is 34.9 Å². The summed E-state index contributed by atoms with van der Waals surface area (Å²) in [6, 6.07) is 13.5. The largest absolute Gasteiger partial charge is 0.388 e. The van der Waals surface area contributed by atoms with E-state index < -0.39 is 5.60 Å². The number of nitrogens with zero attached hydrogens (tertiary/aromatic N) is 2. The van der Waals surface area contributed by atoms with Crippen LogP contribution in [0.3, 0.4) is 0 Å². The molecule has 2 saturated heterocycles. The Balaban J connectivity index is 0.00000210. The van der Waals surface area contributed by atoms with Crippen LogP contribution in [-0.4, -0.2) is 41.8 Å². The number of para-hydroxylation sites is 1. The van der Waals surface area contributed by atoms with Gasteiger partial charge < -0.3 is 24.9 Å². The van der Waals surface area contributed by atoms with Gasteiger partial charge in [0.1, 0.15) is 0 Å². The topological polar surface area (TPSA) is 26.7 Å². The summed E-state index contributed by atoms with van der Waals surface area (Å²) < 4.78 is 0. The third-order valence-electron chi connectivity index (χ3n) is 5.39. The molecule has 2 radical (unpaired) electrons. The standard InChI is InChI=1S/C21H23Cl2N2O.2CH3.2Pr/c1-14-8-15(6-7-16(14)9-24-12-21(2,26)13-24)17-10-25(11-17)20-18(22)4-3-5-19(20)23;;;;/h3-6,8,17,26H,9-13H2,1-2H3;2*1H3;;/q3*-1;;. The second-order valence-electron chi connectivity index (χ2n) is 7.91. The quantitative estimate of drug-likeness (QED) is 0.446. The minimum Gasteiger partial charge on any atom is -0.388 e. The van der Waals surface area contributed by atoms with Crippen LogP contribution in [0, 0.1) is 110 Å². The van der Waals surface area contributed by atoms with Gasteiger partial charge in [0.15, 0.2) is 0 Å². The van der Waals surface area contributed by atoms with Gasteiger partial charge in [0, 0.05) is 115 Å². The van der Waals surface area contributed by atoms with Crippen molar-refractivity contribution in [2.24, 2.45) is 0 Å². The van der Waals surface area contributed by atoms with Gasteiger partial charge in [-0.05, 0) is 25.0 Å². The van der Waals surface area contributed by atoms with E-state index in [1.807, 2.05) is 25.1 Å². The second kappa shape index (κ2) is 12.8. The number of halogens is 2. The fourth-order valence-electron chi connectivity index (χ4n) is 3.98. The molecule has 2 fully saturated rings. The summed E-state index contributed by atoms with van der Waals surface area (Å²) in [5.74, 6) is 0.482. The molecule has 0 aliphatic carbocycles. The molecule has 2 aromatic carbocycles. The molecule has 7 heteroatoms. The summed E-state index contributed by atoms with van der Waals surface area (Å²) in [4.78, 5) is 4.49.